The smallest absolute Gasteiger partial charge is 0.274 e. The summed E-state index contributed by atoms with van der Waals surface area (Å²) in [6.07, 6.45) is 1.13. The summed E-state index contributed by atoms with van der Waals surface area (Å²) in [6, 6.07) is 3.07. The predicted molar refractivity (Wildman–Crippen MR) is 58.2 cm³/mol. The third-order valence-corrected chi connectivity index (χ3v) is 2.74. The summed E-state index contributed by atoms with van der Waals surface area (Å²) in [6.45, 7) is 1.02. The lowest BCUT2D eigenvalue weighted by molar-refractivity contribution is 0.0468. The van der Waals surface area contributed by atoms with Crippen LogP contribution in [0.1, 0.15) is 23.3 Å². The number of nitrogens with zero attached hydrogens (tertiary/aromatic N) is 3. The summed E-state index contributed by atoms with van der Waals surface area (Å²) in [7, 11) is 0. The van der Waals surface area contributed by atoms with Crippen LogP contribution in [0.25, 0.3) is 0 Å². The van der Waals surface area contributed by atoms with Gasteiger partial charge in [-0.25, -0.2) is 0 Å². The third-order valence-electron chi connectivity index (χ3n) is 2.53. The van der Waals surface area contributed by atoms with Crippen LogP contribution < -0.4 is 0 Å². The molecule has 0 bridgehead atoms. The van der Waals surface area contributed by atoms with Crippen LogP contribution in [0.15, 0.2) is 12.1 Å². The number of aromatic nitrogens is 2. The van der Waals surface area contributed by atoms with Crippen molar-refractivity contribution in [2.45, 2.75) is 18.9 Å². The normalized spacial score (nSPS) is 20.9. The minimum absolute atomic E-state index is 0.206. The van der Waals surface area contributed by atoms with Gasteiger partial charge in [0.05, 0.1) is 6.10 Å². The lowest BCUT2D eigenvalue weighted by Crippen LogP contribution is -2.42. The van der Waals surface area contributed by atoms with Gasteiger partial charge >= 0.3 is 0 Å². The first-order chi connectivity index (χ1) is 7.66. The highest BCUT2D eigenvalue weighted by atomic mass is 35.5. The van der Waals surface area contributed by atoms with E-state index in [-0.39, 0.29) is 16.8 Å². The Kier molecular flexibility index (Phi) is 3.36. The van der Waals surface area contributed by atoms with Gasteiger partial charge in [0, 0.05) is 13.1 Å². The van der Waals surface area contributed by atoms with Crippen LogP contribution in [0.3, 0.4) is 0 Å². The Morgan fingerprint density at radius 1 is 1.50 bits per heavy atom. The molecule has 6 heteroatoms. The molecule has 1 atom stereocenters. The van der Waals surface area contributed by atoms with Gasteiger partial charge in [-0.1, -0.05) is 11.6 Å². The van der Waals surface area contributed by atoms with Crippen molar-refractivity contribution in [1.82, 2.24) is 15.1 Å². The summed E-state index contributed by atoms with van der Waals surface area (Å²) in [5.41, 5.74) is 0.263. The molecular weight excluding hydrogens is 230 g/mol. The summed E-state index contributed by atoms with van der Waals surface area (Å²) >= 11 is 5.59. The fourth-order valence-electron chi connectivity index (χ4n) is 1.73. The standard InChI is InChI=1S/C10H12ClN3O2/c11-9-4-3-8(12-13-9)10(16)14-5-1-2-7(15)6-14/h3-4,7,15H,1-2,5-6H2/t7-/m0/s1. The van der Waals surface area contributed by atoms with Gasteiger partial charge < -0.3 is 10.0 Å². The van der Waals surface area contributed by atoms with Crippen molar-refractivity contribution in [2.24, 2.45) is 0 Å². The Morgan fingerprint density at radius 3 is 2.94 bits per heavy atom. The number of β-amino-alcohol motifs (C(OH)–C–C–N with tert-alkyl or cyclic N) is 1. The third kappa shape index (κ3) is 2.48. The molecule has 1 amide bonds. The van der Waals surface area contributed by atoms with E-state index in [1.54, 1.807) is 11.0 Å². The molecule has 5 nitrogen and oxygen atoms in total. The molecule has 0 radical (unpaired) electrons. The fourth-order valence-corrected chi connectivity index (χ4v) is 1.83. The molecule has 0 spiro atoms. The van der Waals surface area contributed by atoms with E-state index in [2.05, 4.69) is 10.2 Å². The van der Waals surface area contributed by atoms with Crippen LogP contribution in [0.4, 0.5) is 0 Å². The molecule has 1 aliphatic rings. The SMILES string of the molecule is O=C(c1ccc(Cl)nn1)N1CCC[C@H](O)C1. The first kappa shape index (κ1) is 11.3. The molecule has 1 aromatic rings. The molecule has 86 valence electrons. The Morgan fingerprint density at radius 2 is 2.31 bits per heavy atom. The van der Waals surface area contributed by atoms with Gasteiger partial charge in [0.15, 0.2) is 10.8 Å². The van der Waals surface area contributed by atoms with Gasteiger partial charge in [0.2, 0.25) is 0 Å². The second kappa shape index (κ2) is 4.76. The van der Waals surface area contributed by atoms with Gasteiger partial charge in [0.1, 0.15) is 0 Å². The highest BCUT2D eigenvalue weighted by molar-refractivity contribution is 6.29. The van der Waals surface area contributed by atoms with Crippen molar-refractivity contribution < 1.29 is 9.90 Å². The Balaban J connectivity index is 2.09. The van der Waals surface area contributed by atoms with Crippen LogP contribution >= 0.6 is 11.6 Å². The molecule has 0 saturated carbocycles. The fraction of sp³-hybridized carbons (Fsp3) is 0.500. The van der Waals surface area contributed by atoms with E-state index in [0.29, 0.717) is 13.1 Å². The van der Waals surface area contributed by atoms with Crippen LogP contribution in [0, 0.1) is 0 Å². The van der Waals surface area contributed by atoms with Gasteiger partial charge in [0.25, 0.3) is 5.91 Å². The Labute approximate surface area is 98.0 Å². The molecule has 16 heavy (non-hydrogen) atoms. The first-order valence-corrected chi connectivity index (χ1v) is 5.51. The van der Waals surface area contributed by atoms with Crippen molar-refractivity contribution in [3.63, 3.8) is 0 Å². The van der Waals surface area contributed by atoms with Gasteiger partial charge in [-0.05, 0) is 25.0 Å². The number of rotatable bonds is 1. The number of hydrogen-bond donors (Lipinski definition) is 1. The molecule has 0 aromatic carbocycles. The molecule has 0 aliphatic carbocycles. The number of carbonyl (C=O) groups is 1. The average Bonchev–Trinajstić information content (AvgIpc) is 2.29. The molecular formula is C10H12ClN3O2. The topological polar surface area (TPSA) is 66.3 Å². The zero-order valence-corrected chi connectivity index (χ0v) is 9.39. The van der Waals surface area contributed by atoms with E-state index in [9.17, 15) is 9.90 Å². The zero-order valence-electron chi connectivity index (χ0n) is 8.64. The number of aliphatic hydroxyl groups excluding tert-OH is 1. The van der Waals surface area contributed by atoms with Crippen molar-refractivity contribution >= 4 is 17.5 Å². The minimum atomic E-state index is -0.432. The second-order valence-corrected chi connectivity index (χ2v) is 4.18. The number of likely N-dealkylation sites (tertiary alicyclic amines) is 1. The molecule has 1 aliphatic heterocycles. The van der Waals surface area contributed by atoms with Gasteiger partial charge in [-0.3, -0.25) is 4.79 Å². The molecule has 1 saturated heterocycles. The number of amides is 1. The Hall–Kier alpha value is -1.20. The lowest BCUT2D eigenvalue weighted by atomic mass is 10.1. The van der Waals surface area contributed by atoms with Crippen LogP contribution in [-0.4, -0.2) is 45.3 Å². The van der Waals surface area contributed by atoms with Crippen LogP contribution in [0.2, 0.25) is 5.15 Å². The molecule has 1 fully saturated rings. The van der Waals surface area contributed by atoms with Crippen molar-refractivity contribution in [3.8, 4) is 0 Å². The maximum atomic E-state index is 11.9. The number of carbonyl (C=O) groups excluding carboxylic acids is 1. The largest absolute Gasteiger partial charge is 0.391 e. The summed E-state index contributed by atoms with van der Waals surface area (Å²) < 4.78 is 0. The Bertz CT molecular complexity index is 382. The summed E-state index contributed by atoms with van der Waals surface area (Å²) in [5.74, 6) is -0.206. The number of piperidine rings is 1. The van der Waals surface area contributed by atoms with Crippen LogP contribution in [0.5, 0.6) is 0 Å². The van der Waals surface area contributed by atoms with Gasteiger partial charge in [-0.15, -0.1) is 10.2 Å². The summed E-state index contributed by atoms with van der Waals surface area (Å²) in [4.78, 5) is 13.5. The predicted octanol–water partition coefficient (Wildman–Crippen LogP) is 0.727. The second-order valence-electron chi connectivity index (χ2n) is 3.79. The average molecular weight is 242 g/mol. The molecule has 2 heterocycles. The highest BCUT2D eigenvalue weighted by Gasteiger charge is 2.23. The quantitative estimate of drug-likeness (QED) is 0.787. The maximum absolute atomic E-state index is 11.9. The number of hydrogen-bond acceptors (Lipinski definition) is 4. The number of aliphatic hydroxyl groups is 1. The summed E-state index contributed by atoms with van der Waals surface area (Å²) in [5, 5.41) is 17.1. The molecule has 1 aromatic heterocycles. The number of halogens is 1. The minimum Gasteiger partial charge on any atom is -0.391 e. The van der Waals surface area contributed by atoms with E-state index in [0.717, 1.165) is 12.8 Å². The van der Waals surface area contributed by atoms with E-state index in [1.807, 2.05) is 0 Å². The molecule has 2 rings (SSSR count). The van der Waals surface area contributed by atoms with E-state index < -0.39 is 6.10 Å². The van der Waals surface area contributed by atoms with Crippen LogP contribution in [-0.2, 0) is 0 Å². The lowest BCUT2D eigenvalue weighted by Gasteiger charge is -2.29. The van der Waals surface area contributed by atoms with Crippen molar-refractivity contribution in [2.75, 3.05) is 13.1 Å². The molecule has 0 unspecified atom stereocenters. The molecule has 1 N–H and O–H groups in total. The van der Waals surface area contributed by atoms with Crippen molar-refractivity contribution in [1.29, 1.82) is 0 Å². The highest BCUT2D eigenvalue weighted by Crippen LogP contribution is 2.13. The first-order valence-electron chi connectivity index (χ1n) is 5.13. The van der Waals surface area contributed by atoms with E-state index in [4.69, 9.17) is 11.6 Å². The maximum Gasteiger partial charge on any atom is 0.274 e. The monoisotopic (exact) mass is 241 g/mol. The van der Waals surface area contributed by atoms with E-state index in [1.165, 1.54) is 6.07 Å². The van der Waals surface area contributed by atoms with Crippen molar-refractivity contribution in [3.05, 3.63) is 23.0 Å². The van der Waals surface area contributed by atoms with E-state index >= 15 is 0 Å². The zero-order chi connectivity index (χ0) is 11.5. The van der Waals surface area contributed by atoms with Gasteiger partial charge in [-0.2, -0.15) is 0 Å².